The van der Waals surface area contributed by atoms with Gasteiger partial charge in [-0.05, 0) is 19.1 Å². The molecule has 2 aromatic heterocycles. The fraction of sp³-hybridized carbons (Fsp3) is 0.200. The minimum absolute atomic E-state index is 0.0568. The molecule has 0 bridgehead atoms. The average molecular weight is 251 g/mol. The third kappa shape index (κ3) is 1.99. The molecule has 0 fully saturated rings. The summed E-state index contributed by atoms with van der Waals surface area (Å²) in [6.07, 6.45) is 2.15. The summed E-state index contributed by atoms with van der Waals surface area (Å²) in [4.78, 5) is 13.9. The Balaban J connectivity index is 2.37. The lowest BCUT2D eigenvalue weighted by atomic mass is 10.2. The molecule has 2 heterocycles. The molecule has 0 aliphatic carbocycles. The summed E-state index contributed by atoms with van der Waals surface area (Å²) in [5.74, 6) is -0.510. The lowest BCUT2D eigenvalue weighted by Gasteiger charge is -2.12. The molecule has 0 amide bonds. The Morgan fingerprint density at radius 2 is 2.22 bits per heavy atom. The SMILES string of the molecule is CC(c1ccc(F)cn1)n1ncc([N+](=O)[O-])c1N. The maximum Gasteiger partial charge on any atom is 0.330 e. The molecular formula is C10H10FN5O2. The molecule has 1 atom stereocenters. The van der Waals surface area contributed by atoms with Crippen LogP contribution in [-0.2, 0) is 0 Å². The Morgan fingerprint density at radius 3 is 2.72 bits per heavy atom. The largest absolute Gasteiger partial charge is 0.378 e. The maximum atomic E-state index is 12.7. The molecular weight excluding hydrogens is 241 g/mol. The van der Waals surface area contributed by atoms with E-state index in [1.165, 1.54) is 16.8 Å². The van der Waals surface area contributed by atoms with Crippen molar-refractivity contribution < 1.29 is 9.31 Å². The van der Waals surface area contributed by atoms with Crippen molar-refractivity contribution in [1.29, 1.82) is 0 Å². The number of nitro groups is 1. The summed E-state index contributed by atoms with van der Waals surface area (Å²) < 4.78 is 14.0. The smallest absolute Gasteiger partial charge is 0.330 e. The molecule has 0 radical (unpaired) electrons. The highest BCUT2D eigenvalue weighted by atomic mass is 19.1. The van der Waals surface area contributed by atoms with Crippen LogP contribution in [0.25, 0.3) is 0 Å². The van der Waals surface area contributed by atoms with E-state index in [1.54, 1.807) is 6.92 Å². The average Bonchev–Trinajstić information content (AvgIpc) is 2.71. The predicted molar refractivity (Wildman–Crippen MR) is 61.3 cm³/mol. The van der Waals surface area contributed by atoms with Crippen molar-refractivity contribution in [2.45, 2.75) is 13.0 Å². The van der Waals surface area contributed by atoms with Gasteiger partial charge in [-0.15, -0.1) is 0 Å². The minimum atomic E-state index is -0.607. The van der Waals surface area contributed by atoms with Crippen LogP contribution in [0.1, 0.15) is 18.7 Å². The van der Waals surface area contributed by atoms with Gasteiger partial charge in [0, 0.05) is 0 Å². The normalized spacial score (nSPS) is 12.3. The highest BCUT2D eigenvalue weighted by Crippen LogP contribution is 2.25. The first-order valence-electron chi connectivity index (χ1n) is 5.09. The standard InChI is InChI=1S/C10H10FN5O2/c1-6(8-3-2-7(11)4-13-8)15-10(12)9(5-14-15)16(17)18/h2-6H,12H2,1H3. The zero-order chi connectivity index (χ0) is 13.3. The van der Waals surface area contributed by atoms with E-state index in [9.17, 15) is 14.5 Å². The molecule has 0 aliphatic heterocycles. The first-order chi connectivity index (χ1) is 8.50. The van der Waals surface area contributed by atoms with Gasteiger partial charge in [0.15, 0.2) is 0 Å². The number of hydrogen-bond donors (Lipinski definition) is 1. The van der Waals surface area contributed by atoms with Crippen molar-refractivity contribution in [3.63, 3.8) is 0 Å². The van der Waals surface area contributed by atoms with E-state index >= 15 is 0 Å². The van der Waals surface area contributed by atoms with Crippen LogP contribution >= 0.6 is 0 Å². The topological polar surface area (TPSA) is 99.9 Å². The van der Waals surface area contributed by atoms with E-state index in [2.05, 4.69) is 10.1 Å². The summed E-state index contributed by atoms with van der Waals surface area (Å²) in [5, 5.41) is 14.5. The van der Waals surface area contributed by atoms with Crippen LogP contribution in [0.3, 0.4) is 0 Å². The second-order valence-electron chi connectivity index (χ2n) is 3.69. The van der Waals surface area contributed by atoms with E-state index in [0.29, 0.717) is 5.69 Å². The van der Waals surface area contributed by atoms with Gasteiger partial charge in [-0.1, -0.05) is 0 Å². The van der Waals surface area contributed by atoms with Crippen molar-refractivity contribution in [2.75, 3.05) is 5.73 Å². The molecule has 0 aromatic carbocycles. The Morgan fingerprint density at radius 1 is 1.50 bits per heavy atom. The fourth-order valence-corrected chi connectivity index (χ4v) is 1.57. The summed E-state index contributed by atoms with van der Waals surface area (Å²) in [6.45, 7) is 1.72. The first kappa shape index (κ1) is 12.0. The number of nitrogens with zero attached hydrogens (tertiary/aromatic N) is 4. The van der Waals surface area contributed by atoms with Gasteiger partial charge in [0.25, 0.3) is 0 Å². The number of nitrogen functional groups attached to an aromatic ring is 1. The fourth-order valence-electron chi connectivity index (χ4n) is 1.57. The molecule has 0 saturated carbocycles. The summed E-state index contributed by atoms with van der Waals surface area (Å²) in [5.41, 5.74) is 5.88. The Bertz CT molecular complexity index is 580. The lowest BCUT2D eigenvalue weighted by Crippen LogP contribution is -2.13. The van der Waals surface area contributed by atoms with Gasteiger partial charge in [-0.2, -0.15) is 5.10 Å². The molecule has 0 spiro atoms. The van der Waals surface area contributed by atoms with Crippen LogP contribution in [0.5, 0.6) is 0 Å². The zero-order valence-corrected chi connectivity index (χ0v) is 9.45. The molecule has 2 N–H and O–H groups in total. The van der Waals surface area contributed by atoms with E-state index in [1.807, 2.05) is 0 Å². The number of hydrogen-bond acceptors (Lipinski definition) is 5. The second kappa shape index (κ2) is 4.40. The second-order valence-corrected chi connectivity index (χ2v) is 3.69. The minimum Gasteiger partial charge on any atom is -0.378 e. The Hall–Kier alpha value is -2.51. The van der Waals surface area contributed by atoms with Crippen molar-refractivity contribution in [2.24, 2.45) is 0 Å². The van der Waals surface area contributed by atoms with Crippen LogP contribution in [0.4, 0.5) is 15.9 Å². The molecule has 2 aromatic rings. The highest BCUT2D eigenvalue weighted by molar-refractivity contribution is 5.51. The number of aromatic nitrogens is 3. The third-order valence-electron chi connectivity index (χ3n) is 2.56. The van der Waals surface area contributed by atoms with Crippen LogP contribution in [0.15, 0.2) is 24.5 Å². The molecule has 7 nitrogen and oxygen atoms in total. The van der Waals surface area contributed by atoms with Gasteiger partial charge >= 0.3 is 5.69 Å². The number of rotatable bonds is 3. The van der Waals surface area contributed by atoms with E-state index in [-0.39, 0.29) is 11.5 Å². The van der Waals surface area contributed by atoms with Crippen LogP contribution in [0.2, 0.25) is 0 Å². The van der Waals surface area contributed by atoms with Gasteiger partial charge in [0.1, 0.15) is 12.0 Å². The van der Waals surface area contributed by atoms with Gasteiger partial charge in [0.05, 0.1) is 22.9 Å². The number of anilines is 1. The Labute approximate surface area is 101 Å². The van der Waals surface area contributed by atoms with E-state index < -0.39 is 16.8 Å². The number of halogens is 1. The van der Waals surface area contributed by atoms with E-state index in [0.717, 1.165) is 12.4 Å². The summed E-state index contributed by atoms with van der Waals surface area (Å²) >= 11 is 0. The quantitative estimate of drug-likeness (QED) is 0.658. The van der Waals surface area contributed by atoms with Crippen molar-refractivity contribution in [1.82, 2.24) is 14.8 Å². The summed E-state index contributed by atoms with van der Waals surface area (Å²) in [6, 6.07) is 2.32. The first-order valence-corrected chi connectivity index (χ1v) is 5.09. The number of nitrogens with two attached hydrogens (primary N) is 1. The molecule has 2 rings (SSSR count). The van der Waals surface area contributed by atoms with Crippen LogP contribution in [-0.4, -0.2) is 19.7 Å². The van der Waals surface area contributed by atoms with E-state index in [4.69, 9.17) is 5.73 Å². The molecule has 18 heavy (non-hydrogen) atoms. The predicted octanol–water partition coefficient (Wildman–Crippen LogP) is 1.52. The van der Waals surface area contributed by atoms with Crippen molar-refractivity contribution in [3.8, 4) is 0 Å². The summed E-state index contributed by atoms with van der Waals surface area (Å²) in [7, 11) is 0. The van der Waals surface area contributed by atoms with Gasteiger partial charge in [-0.25, -0.2) is 9.07 Å². The Kier molecular flexibility index (Phi) is 2.92. The monoisotopic (exact) mass is 251 g/mol. The molecule has 1 unspecified atom stereocenters. The maximum absolute atomic E-state index is 12.7. The molecule has 0 aliphatic rings. The van der Waals surface area contributed by atoms with Crippen LogP contribution in [0, 0.1) is 15.9 Å². The van der Waals surface area contributed by atoms with Crippen LogP contribution < -0.4 is 5.73 Å². The number of pyridine rings is 1. The molecule has 94 valence electrons. The van der Waals surface area contributed by atoms with Gasteiger partial charge < -0.3 is 5.73 Å². The highest BCUT2D eigenvalue weighted by Gasteiger charge is 2.21. The zero-order valence-electron chi connectivity index (χ0n) is 9.45. The van der Waals surface area contributed by atoms with Crippen molar-refractivity contribution in [3.05, 3.63) is 46.2 Å². The van der Waals surface area contributed by atoms with Crippen molar-refractivity contribution >= 4 is 11.5 Å². The molecule has 0 saturated heterocycles. The van der Waals surface area contributed by atoms with Gasteiger partial charge in [0.2, 0.25) is 5.82 Å². The lowest BCUT2D eigenvalue weighted by molar-refractivity contribution is -0.384. The van der Waals surface area contributed by atoms with Gasteiger partial charge in [-0.3, -0.25) is 15.1 Å². The third-order valence-corrected chi connectivity index (χ3v) is 2.56. The molecule has 8 heteroatoms.